The van der Waals surface area contributed by atoms with Gasteiger partial charge in [-0.1, -0.05) is 6.92 Å². The van der Waals surface area contributed by atoms with E-state index in [2.05, 4.69) is 32.2 Å². The smallest absolute Gasteiger partial charge is 0.162 e. The molecule has 2 aromatic heterocycles. The van der Waals surface area contributed by atoms with Gasteiger partial charge in [-0.3, -0.25) is 0 Å². The zero-order valence-corrected chi connectivity index (χ0v) is 7.28. The molecule has 5 heteroatoms. The summed E-state index contributed by atoms with van der Waals surface area (Å²) in [6.45, 7) is 3.98. The first kappa shape index (κ1) is 7.97. The van der Waals surface area contributed by atoms with Crippen molar-refractivity contribution in [2.75, 3.05) is 5.32 Å². The van der Waals surface area contributed by atoms with Crippen LogP contribution in [0.4, 0.5) is 5.82 Å². The molecule has 0 saturated carbocycles. The topological polar surface area (TPSA) is 66.5 Å². The van der Waals surface area contributed by atoms with Crippen molar-refractivity contribution in [3.63, 3.8) is 0 Å². The predicted octanol–water partition coefficient (Wildman–Crippen LogP) is 1.34. The van der Waals surface area contributed by atoms with E-state index in [9.17, 15) is 0 Å². The molecule has 0 aliphatic heterocycles. The Morgan fingerprint density at radius 2 is 2.38 bits per heavy atom. The van der Waals surface area contributed by atoms with Gasteiger partial charge in [0.25, 0.3) is 0 Å². The van der Waals surface area contributed by atoms with Crippen LogP contribution in [-0.2, 0) is 0 Å². The summed E-state index contributed by atoms with van der Waals surface area (Å²) in [5.74, 6) is 0.744. The zero-order chi connectivity index (χ0) is 9.10. The van der Waals surface area contributed by atoms with Crippen molar-refractivity contribution < 1.29 is 0 Å². The third kappa shape index (κ3) is 1.44. The van der Waals surface area contributed by atoms with Crippen LogP contribution < -0.4 is 5.32 Å². The Labute approximate surface area is 75.6 Å². The second-order valence-corrected chi connectivity index (χ2v) is 2.58. The van der Waals surface area contributed by atoms with E-state index >= 15 is 0 Å². The molecular weight excluding hydrogens is 166 g/mol. The van der Waals surface area contributed by atoms with Crippen LogP contribution >= 0.6 is 0 Å². The van der Waals surface area contributed by atoms with Gasteiger partial charge < -0.3 is 10.3 Å². The van der Waals surface area contributed by atoms with Gasteiger partial charge in [0.05, 0.1) is 6.33 Å². The lowest BCUT2D eigenvalue weighted by Gasteiger charge is -2.01. The highest BCUT2D eigenvalue weighted by Crippen LogP contribution is 2.14. The van der Waals surface area contributed by atoms with E-state index in [1.165, 1.54) is 6.33 Å². The fourth-order valence-electron chi connectivity index (χ4n) is 1.07. The number of nitrogens with zero attached hydrogens (tertiary/aromatic N) is 3. The van der Waals surface area contributed by atoms with Crippen LogP contribution in [-0.4, -0.2) is 19.9 Å². The lowest BCUT2D eigenvalue weighted by molar-refractivity contribution is 1.08. The maximum absolute atomic E-state index is 4.11. The Bertz CT molecular complexity index is 394. The molecule has 0 bridgehead atoms. The molecule has 0 amide bonds. The fraction of sp³-hybridized carbons (Fsp3) is 0.250. The van der Waals surface area contributed by atoms with E-state index in [4.69, 9.17) is 0 Å². The molecule has 0 spiro atoms. The average molecular weight is 176 g/mol. The van der Waals surface area contributed by atoms with Crippen molar-refractivity contribution in [1.82, 2.24) is 19.9 Å². The molecule has 1 radical (unpaired) electrons. The van der Waals surface area contributed by atoms with Gasteiger partial charge in [-0.2, -0.15) is 0 Å². The molecule has 0 aliphatic carbocycles. The molecule has 2 rings (SSSR count). The Balaban J connectivity index is 2.37. The summed E-state index contributed by atoms with van der Waals surface area (Å²) < 4.78 is 0. The monoisotopic (exact) mass is 176 g/mol. The molecule has 0 atom stereocenters. The molecule has 2 N–H and O–H groups in total. The summed E-state index contributed by atoms with van der Waals surface area (Å²) in [5.41, 5.74) is 1.52. The van der Waals surface area contributed by atoms with Gasteiger partial charge in [0.1, 0.15) is 11.8 Å². The van der Waals surface area contributed by atoms with Crippen LogP contribution in [0.15, 0.2) is 12.7 Å². The summed E-state index contributed by atoms with van der Waals surface area (Å²) >= 11 is 0. The molecule has 0 aliphatic rings. The minimum Gasteiger partial charge on any atom is -0.363 e. The lowest BCUT2D eigenvalue weighted by atomic mass is 10.4. The van der Waals surface area contributed by atoms with Crippen LogP contribution in [0.25, 0.3) is 11.2 Å². The number of hydrogen-bond donors (Lipinski definition) is 2. The van der Waals surface area contributed by atoms with Crippen molar-refractivity contribution in [1.29, 1.82) is 0 Å². The number of fused-ring (bicyclic) bond motifs is 1. The summed E-state index contributed by atoms with van der Waals surface area (Å²) in [7, 11) is 0. The second-order valence-electron chi connectivity index (χ2n) is 2.58. The number of rotatable bonds is 3. The predicted molar refractivity (Wildman–Crippen MR) is 49.9 cm³/mol. The minimum absolute atomic E-state index is 0.744. The molecule has 0 unspecified atom stereocenters. The van der Waals surface area contributed by atoms with Gasteiger partial charge in [-0.15, -0.1) is 0 Å². The van der Waals surface area contributed by atoms with Crippen molar-refractivity contribution in [2.45, 2.75) is 13.3 Å². The standard InChI is InChI=1S/C8H10N5/c1-2-3-9-7-6-8(11-4-10-6)13-5-12-7/h3-5H,2H2,1H3,(H2,9,10,11,12,13). The molecule has 0 fully saturated rings. The highest BCUT2D eigenvalue weighted by molar-refractivity contribution is 5.82. The van der Waals surface area contributed by atoms with E-state index in [0.717, 1.165) is 23.4 Å². The van der Waals surface area contributed by atoms with Gasteiger partial charge >= 0.3 is 0 Å². The molecular formula is C8H10N5. The van der Waals surface area contributed by atoms with Crippen LogP contribution in [0, 0.1) is 6.54 Å². The Morgan fingerprint density at radius 3 is 3.23 bits per heavy atom. The van der Waals surface area contributed by atoms with Gasteiger partial charge in [0.2, 0.25) is 0 Å². The first-order valence-corrected chi connectivity index (χ1v) is 4.14. The van der Waals surface area contributed by atoms with Crippen LogP contribution in [0.5, 0.6) is 0 Å². The van der Waals surface area contributed by atoms with Gasteiger partial charge in [-0.25, -0.2) is 15.0 Å². The van der Waals surface area contributed by atoms with Crippen molar-refractivity contribution >= 4 is 17.0 Å². The summed E-state index contributed by atoms with van der Waals surface area (Å²) in [5, 5.41) is 3.06. The highest BCUT2D eigenvalue weighted by atomic mass is 15.1. The largest absolute Gasteiger partial charge is 0.363 e. The summed E-state index contributed by atoms with van der Waals surface area (Å²) in [6.07, 6.45) is 4.05. The van der Waals surface area contributed by atoms with Crippen LogP contribution in [0.1, 0.15) is 13.3 Å². The van der Waals surface area contributed by atoms with Gasteiger partial charge in [0.15, 0.2) is 11.5 Å². The second kappa shape index (κ2) is 3.38. The quantitative estimate of drug-likeness (QED) is 0.740. The fourth-order valence-corrected chi connectivity index (χ4v) is 1.07. The number of imidazole rings is 1. The lowest BCUT2D eigenvalue weighted by Crippen LogP contribution is -1.97. The first-order chi connectivity index (χ1) is 6.42. The first-order valence-electron chi connectivity index (χ1n) is 4.14. The summed E-state index contributed by atoms with van der Waals surface area (Å²) in [6, 6.07) is 0. The van der Waals surface area contributed by atoms with Gasteiger partial charge in [0, 0.05) is 6.54 Å². The molecule has 0 saturated heterocycles. The number of hydrogen-bond acceptors (Lipinski definition) is 4. The van der Waals surface area contributed by atoms with E-state index in [1.54, 1.807) is 6.33 Å². The van der Waals surface area contributed by atoms with Gasteiger partial charge in [-0.05, 0) is 6.42 Å². The highest BCUT2D eigenvalue weighted by Gasteiger charge is 2.03. The Kier molecular flexibility index (Phi) is 2.08. The maximum atomic E-state index is 4.11. The number of anilines is 1. The van der Waals surface area contributed by atoms with E-state index < -0.39 is 0 Å². The molecule has 0 aromatic carbocycles. The Morgan fingerprint density at radius 1 is 1.46 bits per heavy atom. The van der Waals surface area contributed by atoms with E-state index in [1.807, 2.05) is 6.54 Å². The number of aromatic amines is 1. The van der Waals surface area contributed by atoms with Crippen LogP contribution in [0.3, 0.4) is 0 Å². The molecule has 5 nitrogen and oxygen atoms in total. The normalized spacial score (nSPS) is 10.5. The Hall–Kier alpha value is -1.65. The SMILES string of the molecule is CC[CH]Nc1ncnc2[nH]cnc12. The average Bonchev–Trinajstić information content (AvgIpc) is 2.62. The number of aromatic nitrogens is 4. The minimum atomic E-state index is 0.744. The maximum Gasteiger partial charge on any atom is 0.162 e. The third-order valence-electron chi connectivity index (χ3n) is 1.66. The molecule has 2 aromatic rings. The zero-order valence-electron chi connectivity index (χ0n) is 7.28. The number of H-pyrrole nitrogens is 1. The van der Waals surface area contributed by atoms with Crippen molar-refractivity contribution in [3.8, 4) is 0 Å². The van der Waals surface area contributed by atoms with Crippen molar-refractivity contribution in [2.24, 2.45) is 0 Å². The molecule has 67 valence electrons. The van der Waals surface area contributed by atoms with E-state index in [0.29, 0.717) is 0 Å². The van der Waals surface area contributed by atoms with Crippen LogP contribution in [0.2, 0.25) is 0 Å². The number of nitrogens with one attached hydrogen (secondary N) is 2. The third-order valence-corrected chi connectivity index (χ3v) is 1.66. The molecule has 13 heavy (non-hydrogen) atoms. The van der Waals surface area contributed by atoms with Crippen molar-refractivity contribution in [3.05, 3.63) is 19.2 Å². The summed E-state index contributed by atoms with van der Waals surface area (Å²) in [4.78, 5) is 15.1. The molecule has 2 heterocycles. The van der Waals surface area contributed by atoms with E-state index in [-0.39, 0.29) is 0 Å².